The maximum Gasteiger partial charge on any atom is 0.165 e. The van der Waals surface area contributed by atoms with Crippen LogP contribution in [0.5, 0.6) is 0 Å². The zero-order valence-corrected chi connectivity index (χ0v) is 13.4. The molecule has 2 heteroatoms. The van der Waals surface area contributed by atoms with Gasteiger partial charge in [0.2, 0.25) is 0 Å². The van der Waals surface area contributed by atoms with Crippen LogP contribution in [0.3, 0.4) is 0 Å². The zero-order chi connectivity index (χ0) is 15.6. The Morgan fingerprint density at radius 3 is 2.22 bits per heavy atom. The van der Waals surface area contributed by atoms with Crippen LogP contribution in [0.15, 0.2) is 88.7 Å². The van der Waals surface area contributed by atoms with Crippen molar-refractivity contribution >= 4 is 17.5 Å². The standard InChI is InChI=1S/C21H16OS/c22-19-14-18(15-8-3-1-4-9-15)17-12-7-13-20(21(17)19)23-16-10-5-2-6-11-16/h1-13,18H,14H2. The van der Waals surface area contributed by atoms with Crippen molar-refractivity contribution in [2.45, 2.75) is 22.1 Å². The fourth-order valence-corrected chi connectivity index (χ4v) is 4.25. The lowest BCUT2D eigenvalue weighted by molar-refractivity contribution is 0.0989. The fourth-order valence-electron chi connectivity index (χ4n) is 3.22. The molecule has 3 aromatic carbocycles. The number of hydrogen-bond donors (Lipinski definition) is 0. The van der Waals surface area contributed by atoms with Crippen molar-refractivity contribution in [3.63, 3.8) is 0 Å². The molecule has 0 N–H and O–H groups in total. The van der Waals surface area contributed by atoms with Gasteiger partial charge in [0.05, 0.1) is 0 Å². The van der Waals surface area contributed by atoms with Crippen molar-refractivity contribution in [2.24, 2.45) is 0 Å². The van der Waals surface area contributed by atoms with E-state index in [0.717, 1.165) is 15.4 Å². The SMILES string of the molecule is O=C1CC(c2ccccc2)c2cccc(Sc3ccccc3)c21. The van der Waals surface area contributed by atoms with Crippen molar-refractivity contribution < 1.29 is 4.79 Å². The number of carbonyl (C=O) groups excluding carboxylic acids is 1. The monoisotopic (exact) mass is 316 g/mol. The van der Waals surface area contributed by atoms with E-state index in [1.807, 2.05) is 36.4 Å². The first-order valence-electron chi connectivity index (χ1n) is 7.77. The van der Waals surface area contributed by atoms with Crippen molar-refractivity contribution in [3.05, 3.63) is 95.6 Å². The third-order valence-corrected chi connectivity index (χ3v) is 5.34. The molecule has 0 aromatic heterocycles. The second-order valence-electron chi connectivity index (χ2n) is 5.73. The highest BCUT2D eigenvalue weighted by atomic mass is 32.2. The molecule has 0 radical (unpaired) electrons. The number of carbonyl (C=O) groups is 1. The predicted octanol–water partition coefficient (Wildman–Crippen LogP) is 5.56. The van der Waals surface area contributed by atoms with Gasteiger partial charge < -0.3 is 0 Å². The van der Waals surface area contributed by atoms with Gasteiger partial charge in [-0.25, -0.2) is 0 Å². The third kappa shape index (κ3) is 2.71. The van der Waals surface area contributed by atoms with E-state index < -0.39 is 0 Å². The maximum absolute atomic E-state index is 12.6. The first-order valence-corrected chi connectivity index (χ1v) is 8.58. The summed E-state index contributed by atoms with van der Waals surface area (Å²) in [6.07, 6.45) is 0.575. The first-order chi connectivity index (χ1) is 11.3. The molecule has 0 saturated carbocycles. The molecular formula is C21H16OS. The van der Waals surface area contributed by atoms with Crippen LogP contribution in [0, 0.1) is 0 Å². The van der Waals surface area contributed by atoms with Crippen LogP contribution in [0.1, 0.15) is 33.8 Å². The van der Waals surface area contributed by atoms with E-state index >= 15 is 0 Å². The molecule has 1 aliphatic carbocycles. The lowest BCUT2D eigenvalue weighted by atomic mass is 9.93. The summed E-state index contributed by atoms with van der Waals surface area (Å²) in [4.78, 5) is 14.9. The summed E-state index contributed by atoms with van der Waals surface area (Å²) in [5.41, 5.74) is 3.30. The molecule has 4 rings (SSSR count). The molecule has 0 saturated heterocycles. The second-order valence-corrected chi connectivity index (χ2v) is 6.84. The van der Waals surface area contributed by atoms with E-state index in [1.165, 1.54) is 11.1 Å². The quantitative estimate of drug-likeness (QED) is 0.629. The number of benzene rings is 3. The molecule has 1 nitrogen and oxygen atoms in total. The average molecular weight is 316 g/mol. The summed E-state index contributed by atoms with van der Waals surface area (Å²) in [7, 11) is 0. The largest absolute Gasteiger partial charge is 0.294 e. The predicted molar refractivity (Wildman–Crippen MR) is 94.2 cm³/mol. The topological polar surface area (TPSA) is 17.1 Å². The summed E-state index contributed by atoms with van der Waals surface area (Å²) >= 11 is 1.67. The van der Waals surface area contributed by atoms with Gasteiger partial charge in [-0.1, -0.05) is 72.4 Å². The lowest BCUT2D eigenvalue weighted by Crippen LogP contribution is -1.95. The van der Waals surface area contributed by atoms with Gasteiger partial charge in [-0.15, -0.1) is 0 Å². The van der Waals surface area contributed by atoms with Gasteiger partial charge in [0.1, 0.15) is 0 Å². The first kappa shape index (κ1) is 14.3. The van der Waals surface area contributed by atoms with E-state index in [2.05, 4.69) is 42.5 Å². The molecule has 0 bridgehead atoms. The molecule has 0 spiro atoms. The number of Topliss-reactive ketones (excluding diaryl/α,β-unsaturated/α-hetero) is 1. The van der Waals surface area contributed by atoms with Crippen LogP contribution in [0.4, 0.5) is 0 Å². The van der Waals surface area contributed by atoms with Crippen molar-refractivity contribution in [2.75, 3.05) is 0 Å². The molecule has 1 aliphatic rings. The van der Waals surface area contributed by atoms with Gasteiger partial charge >= 0.3 is 0 Å². The van der Waals surface area contributed by atoms with Gasteiger partial charge in [0, 0.05) is 27.7 Å². The van der Waals surface area contributed by atoms with Crippen LogP contribution in [0.2, 0.25) is 0 Å². The molecule has 112 valence electrons. The smallest absolute Gasteiger partial charge is 0.165 e. The van der Waals surface area contributed by atoms with Crippen LogP contribution in [-0.4, -0.2) is 5.78 Å². The van der Waals surface area contributed by atoms with Crippen LogP contribution >= 0.6 is 11.8 Å². The third-order valence-electron chi connectivity index (χ3n) is 4.28. The molecule has 0 heterocycles. The Hall–Kier alpha value is -2.32. The number of hydrogen-bond acceptors (Lipinski definition) is 2. The van der Waals surface area contributed by atoms with E-state index in [1.54, 1.807) is 11.8 Å². The number of fused-ring (bicyclic) bond motifs is 1. The minimum absolute atomic E-state index is 0.190. The molecule has 1 unspecified atom stereocenters. The summed E-state index contributed by atoms with van der Waals surface area (Å²) < 4.78 is 0. The molecule has 0 fully saturated rings. The molecular weight excluding hydrogens is 300 g/mol. The van der Waals surface area contributed by atoms with Crippen LogP contribution < -0.4 is 0 Å². The van der Waals surface area contributed by atoms with E-state index in [-0.39, 0.29) is 11.7 Å². The van der Waals surface area contributed by atoms with Gasteiger partial charge in [-0.2, -0.15) is 0 Å². The number of ketones is 1. The molecule has 23 heavy (non-hydrogen) atoms. The highest BCUT2D eigenvalue weighted by Gasteiger charge is 2.32. The van der Waals surface area contributed by atoms with Crippen molar-refractivity contribution in [1.29, 1.82) is 0 Å². The second kappa shape index (κ2) is 6.05. The Morgan fingerprint density at radius 2 is 1.48 bits per heavy atom. The Labute approximate surface area is 140 Å². The van der Waals surface area contributed by atoms with E-state index in [9.17, 15) is 4.79 Å². The van der Waals surface area contributed by atoms with E-state index in [0.29, 0.717) is 6.42 Å². The Balaban J connectivity index is 1.75. The minimum atomic E-state index is 0.190. The van der Waals surface area contributed by atoms with Crippen LogP contribution in [0.25, 0.3) is 0 Å². The normalized spacial score (nSPS) is 16.3. The minimum Gasteiger partial charge on any atom is -0.294 e. The Kier molecular flexibility index (Phi) is 3.76. The van der Waals surface area contributed by atoms with Crippen LogP contribution in [-0.2, 0) is 0 Å². The van der Waals surface area contributed by atoms with Gasteiger partial charge in [-0.3, -0.25) is 4.79 Å². The summed E-state index contributed by atoms with van der Waals surface area (Å²) in [5, 5.41) is 0. The highest BCUT2D eigenvalue weighted by Crippen LogP contribution is 2.43. The Morgan fingerprint density at radius 1 is 0.783 bits per heavy atom. The van der Waals surface area contributed by atoms with E-state index in [4.69, 9.17) is 0 Å². The van der Waals surface area contributed by atoms with Gasteiger partial charge in [0.15, 0.2) is 5.78 Å². The zero-order valence-electron chi connectivity index (χ0n) is 12.6. The van der Waals surface area contributed by atoms with Crippen molar-refractivity contribution in [3.8, 4) is 0 Å². The summed E-state index contributed by atoms with van der Waals surface area (Å²) in [5.74, 6) is 0.447. The highest BCUT2D eigenvalue weighted by molar-refractivity contribution is 7.99. The molecule has 0 amide bonds. The van der Waals surface area contributed by atoms with Crippen molar-refractivity contribution in [1.82, 2.24) is 0 Å². The molecule has 0 aliphatic heterocycles. The summed E-state index contributed by atoms with van der Waals surface area (Å²) in [6, 6.07) is 26.8. The Bertz CT molecular complexity index is 840. The average Bonchev–Trinajstić information content (AvgIpc) is 2.95. The number of rotatable bonds is 3. The van der Waals surface area contributed by atoms with Gasteiger partial charge in [0.25, 0.3) is 0 Å². The molecule has 3 aromatic rings. The van der Waals surface area contributed by atoms with Gasteiger partial charge in [-0.05, 0) is 29.3 Å². The lowest BCUT2D eigenvalue weighted by Gasteiger charge is -2.12. The maximum atomic E-state index is 12.6. The molecule has 1 atom stereocenters. The fraction of sp³-hybridized carbons (Fsp3) is 0.0952. The summed E-state index contributed by atoms with van der Waals surface area (Å²) in [6.45, 7) is 0.